The number of amides is 3. The molecule has 258 valence electrons. The number of rotatable bonds is 12. The van der Waals surface area contributed by atoms with Crippen molar-refractivity contribution in [2.24, 2.45) is 5.92 Å². The number of anilines is 1. The molecule has 0 saturated heterocycles. The molecule has 0 bridgehead atoms. The van der Waals surface area contributed by atoms with Crippen LogP contribution >= 0.6 is 0 Å². The summed E-state index contributed by atoms with van der Waals surface area (Å²) in [6.07, 6.45) is 6.19. The molecule has 0 spiro atoms. The van der Waals surface area contributed by atoms with Crippen LogP contribution in [-0.4, -0.2) is 83.8 Å². The van der Waals surface area contributed by atoms with Gasteiger partial charge in [0.15, 0.2) is 0 Å². The number of benzene rings is 2. The van der Waals surface area contributed by atoms with E-state index in [-0.39, 0.29) is 37.3 Å². The third kappa shape index (κ3) is 11.0. The zero-order valence-electron chi connectivity index (χ0n) is 28.5. The minimum Gasteiger partial charge on any atom is -0.465 e. The van der Waals surface area contributed by atoms with E-state index in [0.717, 1.165) is 48.8 Å². The molecule has 3 N–H and O–H groups in total. The molecule has 0 aliphatic heterocycles. The SMILES string of the molecule is CN(CCCc1ccc(-c2ccccc2)c(N(C(=O)O)C2CCC(NC(=O)OC(C)(C)C)CC2)c1)C(=O)COC1CCC(CO)CC1. The molecule has 0 aromatic heterocycles. The third-order valence-electron chi connectivity index (χ3n) is 9.27. The average molecular weight is 652 g/mol. The summed E-state index contributed by atoms with van der Waals surface area (Å²) in [4.78, 5) is 41.1. The Morgan fingerprint density at radius 1 is 0.936 bits per heavy atom. The van der Waals surface area contributed by atoms with Crippen LogP contribution in [0.15, 0.2) is 48.5 Å². The summed E-state index contributed by atoms with van der Waals surface area (Å²) in [6, 6.07) is 15.5. The number of aryl methyl sites for hydroxylation is 1. The minimum absolute atomic E-state index is 0.0526. The monoisotopic (exact) mass is 651 g/mol. The molecule has 4 rings (SSSR count). The number of aliphatic hydroxyl groups is 1. The van der Waals surface area contributed by atoms with Crippen LogP contribution in [-0.2, 0) is 20.7 Å². The first kappa shape index (κ1) is 36.2. The maximum Gasteiger partial charge on any atom is 0.412 e. The highest BCUT2D eigenvalue weighted by Gasteiger charge is 2.33. The minimum atomic E-state index is -1.00. The van der Waals surface area contributed by atoms with Gasteiger partial charge in [-0.3, -0.25) is 9.69 Å². The van der Waals surface area contributed by atoms with Crippen molar-refractivity contribution in [3.63, 3.8) is 0 Å². The maximum absolute atomic E-state index is 12.9. The Morgan fingerprint density at radius 3 is 2.23 bits per heavy atom. The molecule has 2 aromatic rings. The molecule has 10 heteroatoms. The predicted molar refractivity (Wildman–Crippen MR) is 183 cm³/mol. The van der Waals surface area contributed by atoms with Crippen molar-refractivity contribution in [3.8, 4) is 11.1 Å². The number of nitrogens with zero attached hydrogens (tertiary/aromatic N) is 2. The van der Waals surface area contributed by atoms with Crippen molar-refractivity contribution in [3.05, 3.63) is 54.1 Å². The number of hydrogen-bond donors (Lipinski definition) is 3. The van der Waals surface area contributed by atoms with Crippen LogP contribution in [0.1, 0.15) is 84.1 Å². The Morgan fingerprint density at radius 2 is 1.62 bits per heavy atom. The Bertz CT molecular complexity index is 1310. The van der Waals surface area contributed by atoms with Crippen molar-refractivity contribution in [1.82, 2.24) is 10.2 Å². The van der Waals surface area contributed by atoms with Crippen LogP contribution in [0.3, 0.4) is 0 Å². The molecule has 3 amide bonds. The van der Waals surface area contributed by atoms with E-state index in [9.17, 15) is 24.6 Å². The zero-order chi connectivity index (χ0) is 34.0. The standard InChI is InChI=1S/C37H53N3O7/c1-37(2,3)47-35(43)38-29-15-17-30(18-16-29)40(36(44)45)33-23-26(14-21-32(33)28-10-6-5-7-11-28)9-8-22-39(4)34(42)25-46-31-19-12-27(24-41)13-20-31/h5-7,10-11,14,21,23,27,29-31,41H,8-9,12-13,15-20,22,24-25H2,1-4H3,(H,38,43)(H,44,45). The lowest BCUT2D eigenvalue weighted by molar-refractivity contribution is -0.137. The van der Waals surface area contributed by atoms with Gasteiger partial charge < -0.3 is 29.9 Å². The van der Waals surface area contributed by atoms with Gasteiger partial charge in [0.2, 0.25) is 5.91 Å². The van der Waals surface area contributed by atoms with Gasteiger partial charge in [-0.2, -0.15) is 0 Å². The first-order valence-corrected chi connectivity index (χ1v) is 17.1. The lowest BCUT2D eigenvalue weighted by atomic mass is 9.88. The van der Waals surface area contributed by atoms with E-state index in [1.54, 1.807) is 11.9 Å². The first-order chi connectivity index (χ1) is 22.4. The molecule has 2 aromatic carbocycles. The molecule has 0 radical (unpaired) electrons. The highest BCUT2D eigenvalue weighted by molar-refractivity contribution is 5.93. The Kier molecular flexibility index (Phi) is 13.1. The summed E-state index contributed by atoms with van der Waals surface area (Å²) in [5.41, 5.74) is 2.86. The summed E-state index contributed by atoms with van der Waals surface area (Å²) in [6.45, 7) is 6.32. The van der Waals surface area contributed by atoms with E-state index in [2.05, 4.69) is 5.32 Å². The van der Waals surface area contributed by atoms with Crippen LogP contribution in [0.25, 0.3) is 11.1 Å². The first-order valence-electron chi connectivity index (χ1n) is 17.1. The quantitative estimate of drug-likeness (QED) is 0.235. The van der Waals surface area contributed by atoms with E-state index in [4.69, 9.17) is 9.47 Å². The van der Waals surface area contributed by atoms with Crippen molar-refractivity contribution >= 4 is 23.8 Å². The van der Waals surface area contributed by atoms with Crippen molar-refractivity contribution < 1.29 is 34.1 Å². The number of carboxylic acid groups (broad SMARTS) is 1. The third-order valence-corrected chi connectivity index (χ3v) is 9.27. The van der Waals surface area contributed by atoms with Gasteiger partial charge in [0.25, 0.3) is 0 Å². The van der Waals surface area contributed by atoms with E-state index >= 15 is 0 Å². The van der Waals surface area contributed by atoms with Crippen LogP contribution in [0, 0.1) is 5.92 Å². The number of ether oxygens (including phenoxy) is 2. The highest BCUT2D eigenvalue weighted by Crippen LogP contribution is 2.37. The molecule has 0 heterocycles. The summed E-state index contributed by atoms with van der Waals surface area (Å²) >= 11 is 0. The summed E-state index contributed by atoms with van der Waals surface area (Å²) in [5.74, 6) is 0.296. The maximum atomic E-state index is 12.9. The molecule has 47 heavy (non-hydrogen) atoms. The number of aliphatic hydroxyl groups excluding tert-OH is 1. The second-order valence-corrected chi connectivity index (χ2v) is 14.1. The lowest BCUT2D eigenvalue weighted by Gasteiger charge is -2.36. The van der Waals surface area contributed by atoms with Crippen molar-refractivity contribution in [2.45, 2.75) is 109 Å². The number of likely N-dealkylation sites (N-methyl/N-ethyl adjacent to an activating group) is 1. The van der Waals surface area contributed by atoms with Crippen molar-refractivity contribution in [1.29, 1.82) is 0 Å². The Balaban J connectivity index is 1.39. The average Bonchev–Trinajstić information content (AvgIpc) is 3.04. The Hall–Kier alpha value is -3.63. The summed E-state index contributed by atoms with van der Waals surface area (Å²) in [7, 11) is 1.79. The number of carbonyl (C=O) groups excluding carboxylic acids is 2. The van der Waals surface area contributed by atoms with Crippen LogP contribution < -0.4 is 10.2 Å². The molecule has 2 saturated carbocycles. The van der Waals surface area contributed by atoms with Crippen LogP contribution in [0.5, 0.6) is 0 Å². The predicted octanol–water partition coefficient (Wildman–Crippen LogP) is 6.63. The molecule has 0 atom stereocenters. The van der Waals surface area contributed by atoms with Gasteiger partial charge >= 0.3 is 12.2 Å². The van der Waals surface area contributed by atoms with Gasteiger partial charge in [-0.1, -0.05) is 42.5 Å². The Labute approximate surface area is 279 Å². The van der Waals surface area contributed by atoms with Gasteiger partial charge in [-0.15, -0.1) is 0 Å². The topological polar surface area (TPSA) is 129 Å². The van der Waals surface area contributed by atoms with Gasteiger partial charge in [-0.05, 0) is 108 Å². The van der Waals surface area contributed by atoms with E-state index < -0.39 is 17.8 Å². The second-order valence-electron chi connectivity index (χ2n) is 14.1. The van der Waals surface area contributed by atoms with Crippen LogP contribution in [0.2, 0.25) is 0 Å². The molecule has 10 nitrogen and oxygen atoms in total. The van der Waals surface area contributed by atoms with Gasteiger partial charge in [-0.25, -0.2) is 9.59 Å². The largest absolute Gasteiger partial charge is 0.465 e. The molecule has 2 aliphatic carbocycles. The number of alkyl carbamates (subject to hydrolysis) is 1. The molecule has 2 aliphatic rings. The fourth-order valence-electron chi connectivity index (χ4n) is 6.63. The van der Waals surface area contributed by atoms with E-state index in [1.165, 1.54) is 4.90 Å². The zero-order valence-corrected chi connectivity index (χ0v) is 28.5. The fraction of sp³-hybridized carbons (Fsp3) is 0.595. The van der Waals surface area contributed by atoms with Gasteiger partial charge in [0.1, 0.15) is 12.2 Å². The van der Waals surface area contributed by atoms with E-state index in [1.807, 2.05) is 69.3 Å². The molecular formula is C37H53N3O7. The smallest absolute Gasteiger partial charge is 0.412 e. The lowest BCUT2D eigenvalue weighted by Crippen LogP contribution is -2.47. The number of nitrogens with one attached hydrogen (secondary N) is 1. The van der Waals surface area contributed by atoms with Crippen LogP contribution in [0.4, 0.5) is 15.3 Å². The normalized spacial score (nSPS) is 21.5. The molecule has 2 fully saturated rings. The summed E-state index contributed by atoms with van der Waals surface area (Å²) in [5, 5.41) is 22.8. The molecule has 0 unspecified atom stereocenters. The number of hydrogen-bond acceptors (Lipinski definition) is 6. The van der Waals surface area contributed by atoms with Crippen molar-refractivity contribution in [2.75, 3.05) is 31.7 Å². The van der Waals surface area contributed by atoms with E-state index in [0.29, 0.717) is 50.3 Å². The molecular weight excluding hydrogens is 598 g/mol. The summed E-state index contributed by atoms with van der Waals surface area (Å²) < 4.78 is 11.3. The van der Waals surface area contributed by atoms with Gasteiger partial charge in [0, 0.05) is 37.8 Å². The fourth-order valence-corrected chi connectivity index (χ4v) is 6.63. The van der Waals surface area contributed by atoms with Gasteiger partial charge in [0.05, 0.1) is 11.8 Å². The number of carbonyl (C=O) groups is 3. The second kappa shape index (κ2) is 17.0. The highest BCUT2D eigenvalue weighted by atomic mass is 16.6.